The Hall–Kier alpha value is -0.650. The zero-order chi connectivity index (χ0) is 13.5. The van der Waals surface area contributed by atoms with Crippen LogP contribution in [0.15, 0.2) is 0 Å². The number of carbonyl (C=O) groups is 1. The summed E-state index contributed by atoms with van der Waals surface area (Å²) in [7, 11) is 2.18. The van der Waals surface area contributed by atoms with E-state index >= 15 is 0 Å². The summed E-state index contributed by atoms with van der Waals surface area (Å²) < 4.78 is 5.53. The maximum atomic E-state index is 11.8. The molecule has 0 aliphatic carbocycles. The zero-order valence-electron chi connectivity index (χ0n) is 12.0. The highest BCUT2D eigenvalue weighted by Crippen LogP contribution is 2.18. The second-order valence-electron chi connectivity index (χ2n) is 5.79. The number of likely N-dealkylation sites (tertiary alicyclic amines) is 1. The van der Waals surface area contributed by atoms with E-state index in [4.69, 9.17) is 4.74 Å². The van der Waals surface area contributed by atoms with Gasteiger partial charge in [0, 0.05) is 19.6 Å². The van der Waals surface area contributed by atoms with Gasteiger partial charge < -0.3 is 20.3 Å². The second-order valence-corrected chi connectivity index (χ2v) is 5.79. The van der Waals surface area contributed by atoms with E-state index in [1.165, 1.54) is 25.9 Å². The van der Waals surface area contributed by atoms with Crippen molar-refractivity contribution in [3.8, 4) is 0 Å². The van der Waals surface area contributed by atoms with Crippen molar-refractivity contribution in [2.24, 2.45) is 5.92 Å². The van der Waals surface area contributed by atoms with Crippen LogP contribution in [0.2, 0.25) is 0 Å². The number of piperidine rings is 1. The van der Waals surface area contributed by atoms with Gasteiger partial charge in [0.15, 0.2) is 0 Å². The average Bonchev–Trinajstić information content (AvgIpc) is 2.42. The molecule has 2 saturated heterocycles. The van der Waals surface area contributed by atoms with E-state index in [0.717, 1.165) is 32.0 Å². The van der Waals surface area contributed by atoms with Gasteiger partial charge in [-0.1, -0.05) is 0 Å². The van der Waals surface area contributed by atoms with Crippen LogP contribution in [0.3, 0.4) is 0 Å². The standard InChI is InChI=1S/C14H27N3O2/c1-17-7-3-12(4-8-17)2-5-16-14(18)10-13-11-15-6-9-19-13/h12-13,15H,2-11H2,1H3,(H,16,18). The summed E-state index contributed by atoms with van der Waals surface area (Å²) >= 11 is 0. The molecule has 1 amide bonds. The largest absolute Gasteiger partial charge is 0.375 e. The predicted octanol–water partition coefficient (Wildman–Crippen LogP) is 0.213. The highest BCUT2D eigenvalue weighted by atomic mass is 16.5. The number of ether oxygens (including phenoxy) is 1. The molecule has 5 nitrogen and oxygen atoms in total. The summed E-state index contributed by atoms with van der Waals surface area (Å²) in [6.07, 6.45) is 4.19. The molecule has 0 spiro atoms. The minimum atomic E-state index is 0.0529. The van der Waals surface area contributed by atoms with Gasteiger partial charge in [0.05, 0.1) is 19.1 Å². The summed E-state index contributed by atoms with van der Waals surface area (Å²) in [4.78, 5) is 14.2. The number of nitrogens with one attached hydrogen (secondary N) is 2. The summed E-state index contributed by atoms with van der Waals surface area (Å²) in [5.74, 6) is 0.908. The molecule has 1 unspecified atom stereocenters. The first-order chi connectivity index (χ1) is 9.24. The smallest absolute Gasteiger partial charge is 0.222 e. The molecule has 2 N–H and O–H groups in total. The van der Waals surface area contributed by atoms with E-state index in [-0.39, 0.29) is 12.0 Å². The fourth-order valence-corrected chi connectivity index (χ4v) is 2.80. The molecule has 0 radical (unpaired) electrons. The van der Waals surface area contributed by atoms with Crippen LogP contribution in [0.4, 0.5) is 0 Å². The first kappa shape index (κ1) is 14.8. The molecular formula is C14H27N3O2. The SMILES string of the molecule is CN1CCC(CCNC(=O)CC2CNCCO2)CC1. The molecule has 2 fully saturated rings. The molecule has 19 heavy (non-hydrogen) atoms. The molecule has 2 rings (SSSR count). The van der Waals surface area contributed by atoms with Gasteiger partial charge in [-0.05, 0) is 45.3 Å². The van der Waals surface area contributed by atoms with E-state index in [2.05, 4.69) is 22.6 Å². The summed E-state index contributed by atoms with van der Waals surface area (Å²) in [5.41, 5.74) is 0. The zero-order valence-corrected chi connectivity index (χ0v) is 12.0. The van der Waals surface area contributed by atoms with Crippen molar-refractivity contribution in [2.75, 3.05) is 46.4 Å². The third-order valence-corrected chi connectivity index (χ3v) is 4.13. The first-order valence-corrected chi connectivity index (χ1v) is 7.51. The lowest BCUT2D eigenvalue weighted by molar-refractivity contribution is -0.124. The molecule has 0 aromatic heterocycles. The molecular weight excluding hydrogens is 242 g/mol. The number of hydrogen-bond donors (Lipinski definition) is 2. The van der Waals surface area contributed by atoms with Gasteiger partial charge in [-0.3, -0.25) is 4.79 Å². The average molecular weight is 269 g/mol. The number of rotatable bonds is 5. The third kappa shape index (κ3) is 5.47. The van der Waals surface area contributed by atoms with Crippen molar-refractivity contribution < 1.29 is 9.53 Å². The number of nitrogens with zero attached hydrogens (tertiary/aromatic N) is 1. The molecule has 2 heterocycles. The number of morpholine rings is 1. The van der Waals surface area contributed by atoms with Crippen LogP contribution < -0.4 is 10.6 Å². The highest BCUT2D eigenvalue weighted by molar-refractivity contribution is 5.76. The van der Waals surface area contributed by atoms with Gasteiger partial charge in [-0.25, -0.2) is 0 Å². The minimum absolute atomic E-state index is 0.0529. The Morgan fingerprint density at radius 1 is 1.42 bits per heavy atom. The van der Waals surface area contributed by atoms with Crippen LogP contribution in [-0.4, -0.2) is 63.3 Å². The summed E-state index contributed by atoms with van der Waals surface area (Å²) in [6, 6.07) is 0. The van der Waals surface area contributed by atoms with Gasteiger partial charge in [-0.15, -0.1) is 0 Å². The van der Waals surface area contributed by atoms with Crippen LogP contribution in [-0.2, 0) is 9.53 Å². The van der Waals surface area contributed by atoms with Gasteiger partial charge >= 0.3 is 0 Å². The van der Waals surface area contributed by atoms with Gasteiger partial charge in [0.25, 0.3) is 0 Å². The fourth-order valence-electron chi connectivity index (χ4n) is 2.80. The molecule has 0 saturated carbocycles. The normalized spacial score (nSPS) is 26.3. The van der Waals surface area contributed by atoms with Crippen molar-refractivity contribution in [1.29, 1.82) is 0 Å². The Morgan fingerprint density at radius 2 is 2.21 bits per heavy atom. The Kier molecular flexibility index (Phi) is 6.07. The lowest BCUT2D eigenvalue weighted by Crippen LogP contribution is -2.41. The van der Waals surface area contributed by atoms with Crippen molar-refractivity contribution in [3.63, 3.8) is 0 Å². The van der Waals surface area contributed by atoms with Gasteiger partial charge in [0.1, 0.15) is 0 Å². The predicted molar refractivity (Wildman–Crippen MR) is 75.1 cm³/mol. The molecule has 0 aromatic rings. The highest BCUT2D eigenvalue weighted by Gasteiger charge is 2.18. The number of hydrogen-bond acceptors (Lipinski definition) is 4. The molecule has 2 aliphatic rings. The van der Waals surface area contributed by atoms with Gasteiger partial charge in [-0.2, -0.15) is 0 Å². The van der Waals surface area contributed by atoms with Gasteiger partial charge in [0.2, 0.25) is 5.91 Å². The van der Waals surface area contributed by atoms with Crippen LogP contribution in [0.25, 0.3) is 0 Å². The van der Waals surface area contributed by atoms with Crippen LogP contribution in [0.5, 0.6) is 0 Å². The van der Waals surface area contributed by atoms with Crippen molar-refractivity contribution >= 4 is 5.91 Å². The maximum absolute atomic E-state index is 11.8. The first-order valence-electron chi connectivity index (χ1n) is 7.51. The Bertz CT molecular complexity index is 272. The van der Waals surface area contributed by atoms with Crippen molar-refractivity contribution in [1.82, 2.24) is 15.5 Å². The van der Waals surface area contributed by atoms with E-state index < -0.39 is 0 Å². The lowest BCUT2D eigenvalue weighted by Gasteiger charge is -2.29. The summed E-state index contributed by atoms with van der Waals surface area (Å²) in [6.45, 7) is 5.61. The molecule has 0 aromatic carbocycles. The molecule has 2 aliphatic heterocycles. The maximum Gasteiger partial charge on any atom is 0.222 e. The van der Waals surface area contributed by atoms with E-state index in [1.54, 1.807) is 0 Å². The minimum Gasteiger partial charge on any atom is -0.375 e. The van der Waals surface area contributed by atoms with E-state index in [0.29, 0.717) is 13.0 Å². The van der Waals surface area contributed by atoms with Crippen molar-refractivity contribution in [2.45, 2.75) is 31.8 Å². The lowest BCUT2D eigenvalue weighted by atomic mass is 9.94. The summed E-state index contributed by atoms with van der Waals surface area (Å²) in [5, 5.41) is 6.27. The molecule has 110 valence electrons. The molecule has 1 atom stereocenters. The van der Waals surface area contributed by atoms with Crippen molar-refractivity contribution in [3.05, 3.63) is 0 Å². The molecule has 0 bridgehead atoms. The molecule has 5 heteroatoms. The van der Waals surface area contributed by atoms with E-state index in [1.807, 2.05) is 0 Å². The fraction of sp³-hybridized carbons (Fsp3) is 0.929. The Labute approximate surface area is 116 Å². The third-order valence-electron chi connectivity index (χ3n) is 4.13. The number of carbonyl (C=O) groups excluding carboxylic acids is 1. The number of amides is 1. The van der Waals surface area contributed by atoms with Crippen LogP contribution in [0, 0.1) is 5.92 Å². The topological polar surface area (TPSA) is 53.6 Å². The Morgan fingerprint density at radius 3 is 2.89 bits per heavy atom. The second kappa shape index (κ2) is 7.82. The Balaban J connectivity index is 1.53. The monoisotopic (exact) mass is 269 g/mol. The van der Waals surface area contributed by atoms with E-state index in [9.17, 15) is 4.79 Å². The quantitative estimate of drug-likeness (QED) is 0.749. The van der Waals surface area contributed by atoms with Crippen LogP contribution >= 0.6 is 0 Å². The van der Waals surface area contributed by atoms with Crippen LogP contribution in [0.1, 0.15) is 25.7 Å².